The Kier molecular flexibility index (Phi) is 3.93. The van der Waals surface area contributed by atoms with Crippen molar-refractivity contribution in [3.63, 3.8) is 0 Å². The molecule has 0 radical (unpaired) electrons. The van der Waals surface area contributed by atoms with Crippen LogP contribution in [0, 0.1) is 11.7 Å². The number of furan rings is 1. The summed E-state index contributed by atoms with van der Waals surface area (Å²) < 4.78 is 21.2. The van der Waals surface area contributed by atoms with Gasteiger partial charge in [0.2, 0.25) is 5.91 Å². The zero-order valence-corrected chi connectivity index (χ0v) is 15.4. The minimum absolute atomic E-state index is 0.00695. The summed E-state index contributed by atoms with van der Waals surface area (Å²) in [6, 6.07) is 11.9. The van der Waals surface area contributed by atoms with Crippen LogP contribution in [0.2, 0.25) is 0 Å². The number of imidazole rings is 1. The third-order valence-corrected chi connectivity index (χ3v) is 5.47. The van der Waals surface area contributed by atoms with Crippen molar-refractivity contribution < 1.29 is 13.6 Å². The Morgan fingerprint density at radius 2 is 2.25 bits per heavy atom. The molecule has 0 bridgehead atoms. The summed E-state index contributed by atoms with van der Waals surface area (Å²) in [4.78, 5) is 17.0. The summed E-state index contributed by atoms with van der Waals surface area (Å²) in [7, 11) is 0. The minimum Gasteiger partial charge on any atom is -0.459 e. The van der Waals surface area contributed by atoms with Crippen LogP contribution in [0.15, 0.2) is 59.3 Å². The number of nitrogens with one attached hydrogen (secondary N) is 1. The molecule has 1 aliphatic rings. The number of carbonyl (C=O) groups excluding carboxylic acids is 1. The molecule has 3 atom stereocenters. The smallest absolute Gasteiger partial charge is 0.220 e. The van der Waals surface area contributed by atoms with Gasteiger partial charge in [0, 0.05) is 23.9 Å². The fourth-order valence-electron chi connectivity index (χ4n) is 3.89. The highest BCUT2D eigenvalue weighted by atomic mass is 19.1. The van der Waals surface area contributed by atoms with E-state index < -0.39 is 0 Å². The molecule has 28 heavy (non-hydrogen) atoms. The maximum Gasteiger partial charge on any atom is 0.220 e. The Morgan fingerprint density at radius 3 is 3.14 bits per heavy atom. The number of rotatable bonds is 5. The van der Waals surface area contributed by atoms with E-state index in [2.05, 4.69) is 14.7 Å². The third kappa shape index (κ3) is 3.05. The fourth-order valence-corrected chi connectivity index (χ4v) is 3.89. The van der Waals surface area contributed by atoms with Crippen LogP contribution >= 0.6 is 0 Å². The number of hydrogen-bond acceptors (Lipinski definition) is 3. The van der Waals surface area contributed by atoms with Crippen LogP contribution in [0.1, 0.15) is 43.3 Å². The van der Waals surface area contributed by atoms with Crippen molar-refractivity contribution in [2.45, 2.75) is 31.7 Å². The van der Waals surface area contributed by atoms with E-state index in [9.17, 15) is 9.18 Å². The molecule has 0 unspecified atom stereocenters. The van der Waals surface area contributed by atoms with Gasteiger partial charge in [-0.05, 0) is 55.7 Å². The zero-order valence-electron chi connectivity index (χ0n) is 15.4. The van der Waals surface area contributed by atoms with E-state index in [-0.39, 0.29) is 17.8 Å². The van der Waals surface area contributed by atoms with Crippen LogP contribution in [-0.4, -0.2) is 15.3 Å². The number of pyridine rings is 1. The van der Waals surface area contributed by atoms with E-state index in [0.29, 0.717) is 35.0 Å². The van der Waals surface area contributed by atoms with Crippen LogP contribution in [-0.2, 0) is 4.79 Å². The van der Waals surface area contributed by atoms with E-state index in [1.165, 1.54) is 12.1 Å². The van der Waals surface area contributed by atoms with Crippen LogP contribution < -0.4 is 5.32 Å². The standard InChI is InChI=1S/C22H20FN3O2/c1-13(20-10-15-8-16(23)5-6-19(15)28-20)25-21(27)11-14-9-18(14)22-24-12-17-4-2-3-7-26(17)22/h2-8,10,12-14,18H,9,11H2,1H3,(H,25,27)/t13-,14-,18-/m1/s1. The second kappa shape index (κ2) is 6.48. The largest absolute Gasteiger partial charge is 0.459 e. The van der Waals surface area contributed by atoms with Gasteiger partial charge in [0.1, 0.15) is 23.0 Å². The van der Waals surface area contributed by atoms with Gasteiger partial charge in [0.25, 0.3) is 0 Å². The number of fused-ring (bicyclic) bond motifs is 2. The lowest BCUT2D eigenvalue weighted by Crippen LogP contribution is -2.26. The van der Waals surface area contributed by atoms with Gasteiger partial charge in [0.15, 0.2) is 0 Å². The van der Waals surface area contributed by atoms with Gasteiger partial charge in [-0.1, -0.05) is 6.07 Å². The van der Waals surface area contributed by atoms with Gasteiger partial charge in [-0.25, -0.2) is 9.37 Å². The topological polar surface area (TPSA) is 59.5 Å². The summed E-state index contributed by atoms with van der Waals surface area (Å²) in [6.45, 7) is 1.87. The lowest BCUT2D eigenvalue weighted by molar-refractivity contribution is -0.122. The fraction of sp³-hybridized carbons (Fsp3) is 0.273. The molecule has 0 spiro atoms. The first-order chi connectivity index (χ1) is 13.6. The maximum absolute atomic E-state index is 13.3. The summed E-state index contributed by atoms with van der Waals surface area (Å²) in [5.74, 6) is 1.97. The highest BCUT2D eigenvalue weighted by molar-refractivity contribution is 5.79. The van der Waals surface area contributed by atoms with E-state index in [0.717, 1.165) is 17.8 Å². The molecule has 142 valence electrons. The average Bonchev–Trinajstić information content (AvgIpc) is 3.12. The van der Waals surface area contributed by atoms with Crippen molar-refractivity contribution >= 4 is 22.4 Å². The molecule has 0 saturated heterocycles. The maximum atomic E-state index is 13.3. The number of benzene rings is 1. The molecule has 3 heterocycles. The molecule has 1 N–H and O–H groups in total. The molecule has 3 aromatic heterocycles. The quantitative estimate of drug-likeness (QED) is 0.553. The van der Waals surface area contributed by atoms with Crippen molar-refractivity contribution in [3.8, 4) is 0 Å². The normalized spacial score (nSPS) is 19.8. The molecule has 1 aliphatic carbocycles. The lowest BCUT2D eigenvalue weighted by Gasteiger charge is -2.11. The van der Waals surface area contributed by atoms with E-state index in [4.69, 9.17) is 4.42 Å². The monoisotopic (exact) mass is 377 g/mol. The van der Waals surface area contributed by atoms with Crippen LogP contribution in [0.5, 0.6) is 0 Å². The first-order valence-electron chi connectivity index (χ1n) is 9.49. The second-order valence-corrected chi connectivity index (χ2v) is 7.54. The molecule has 5 rings (SSSR count). The minimum atomic E-state index is -0.303. The van der Waals surface area contributed by atoms with Crippen molar-refractivity contribution in [1.82, 2.24) is 14.7 Å². The predicted octanol–water partition coefficient (Wildman–Crippen LogP) is 4.59. The molecular formula is C22H20FN3O2. The lowest BCUT2D eigenvalue weighted by atomic mass is 10.2. The van der Waals surface area contributed by atoms with Crippen molar-refractivity contribution in [3.05, 3.63) is 72.3 Å². The van der Waals surface area contributed by atoms with Gasteiger partial charge in [-0.2, -0.15) is 0 Å². The molecule has 1 saturated carbocycles. The molecule has 5 nitrogen and oxygen atoms in total. The zero-order chi connectivity index (χ0) is 19.3. The Hall–Kier alpha value is -3.15. The van der Waals surface area contributed by atoms with Gasteiger partial charge >= 0.3 is 0 Å². The SMILES string of the molecule is C[C@@H](NC(=O)C[C@H]1C[C@H]1c1ncc2ccccn12)c1cc2cc(F)ccc2o1. The first-order valence-corrected chi connectivity index (χ1v) is 9.49. The number of hydrogen-bond donors (Lipinski definition) is 1. The summed E-state index contributed by atoms with van der Waals surface area (Å²) in [5, 5.41) is 3.69. The Morgan fingerprint density at radius 1 is 1.36 bits per heavy atom. The third-order valence-electron chi connectivity index (χ3n) is 5.47. The number of amides is 1. The molecule has 6 heteroatoms. The molecule has 4 aromatic rings. The molecule has 1 fully saturated rings. The van der Waals surface area contributed by atoms with Crippen LogP contribution in [0.3, 0.4) is 0 Å². The van der Waals surface area contributed by atoms with Crippen molar-refractivity contribution in [2.24, 2.45) is 5.92 Å². The Bertz CT molecular complexity index is 1180. The molecule has 1 amide bonds. The number of halogens is 1. The average molecular weight is 377 g/mol. The van der Waals surface area contributed by atoms with Crippen LogP contribution in [0.4, 0.5) is 4.39 Å². The van der Waals surface area contributed by atoms with Crippen LogP contribution in [0.25, 0.3) is 16.5 Å². The number of aromatic nitrogens is 2. The Balaban J connectivity index is 1.22. The molecule has 1 aromatic carbocycles. The Labute approximate surface area is 161 Å². The van der Waals surface area contributed by atoms with Crippen molar-refractivity contribution in [2.75, 3.05) is 0 Å². The number of nitrogens with zero attached hydrogens (tertiary/aromatic N) is 2. The highest BCUT2D eigenvalue weighted by Crippen LogP contribution is 2.49. The first kappa shape index (κ1) is 17.0. The second-order valence-electron chi connectivity index (χ2n) is 7.54. The number of carbonyl (C=O) groups is 1. The predicted molar refractivity (Wildman–Crippen MR) is 103 cm³/mol. The van der Waals surface area contributed by atoms with Gasteiger partial charge in [0.05, 0.1) is 17.8 Å². The highest BCUT2D eigenvalue weighted by Gasteiger charge is 2.42. The van der Waals surface area contributed by atoms with Gasteiger partial charge < -0.3 is 14.1 Å². The molecule has 0 aliphatic heterocycles. The van der Waals surface area contributed by atoms with E-state index >= 15 is 0 Å². The van der Waals surface area contributed by atoms with E-state index in [1.54, 1.807) is 12.1 Å². The summed E-state index contributed by atoms with van der Waals surface area (Å²) in [5.41, 5.74) is 1.69. The molecular weight excluding hydrogens is 357 g/mol. The van der Waals surface area contributed by atoms with E-state index in [1.807, 2.05) is 37.5 Å². The van der Waals surface area contributed by atoms with Gasteiger partial charge in [-0.15, -0.1) is 0 Å². The summed E-state index contributed by atoms with van der Waals surface area (Å²) in [6.07, 6.45) is 5.32. The van der Waals surface area contributed by atoms with Gasteiger partial charge in [-0.3, -0.25) is 4.79 Å². The summed E-state index contributed by atoms with van der Waals surface area (Å²) >= 11 is 0. The van der Waals surface area contributed by atoms with Crippen molar-refractivity contribution in [1.29, 1.82) is 0 Å².